The number of rotatable bonds is 4. The summed E-state index contributed by atoms with van der Waals surface area (Å²) in [5, 5.41) is 0. The van der Waals surface area contributed by atoms with E-state index < -0.39 is 15.8 Å². The van der Waals surface area contributed by atoms with Gasteiger partial charge in [0.25, 0.3) is 10.0 Å². The number of hydrogen-bond acceptors (Lipinski definition) is 4. The minimum absolute atomic E-state index is 0.0335. The lowest BCUT2D eigenvalue weighted by molar-refractivity contribution is 0.596. The molecule has 1 aromatic carbocycles. The van der Waals surface area contributed by atoms with Crippen LogP contribution in [0.25, 0.3) is 0 Å². The van der Waals surface area contributed by atoms with Crippen molar-refractivity contribution in [1.29, 1.82) is 0 Å². The monoisotopic (exact) mass is 295 g/mol. The van der Waals surface area contributed by atoms with E-state index in [-0.39, 0.29) is 17.0 Å². The summed E-state index contributed by atoms with van der Waals surface area (Å²) in [6.07, 6.45) is 1.50. The van der Waals surface area contributed by atoms with E-state index in [1.807, 2.05) is 0 Å². The summed E-state index contributed by atoms with van der Waals surface area (Å²) in [5.74, 6) is -0.522. The van der Waals surface area contributed by atoms with Gasteiger partial charge in [-0.25, -0.2) is 12.8 Å². The lowest BCUT2D eigenvalue weighted by atomic mass is 10.2. The van der Waals surface area contributed by atoms with Crippen LogP contribution in [0.4, 0.5) is 10.1 Å². The van der Waals surface area contributed by atoms with E-state index in [0.717, 1.165) is 6.07 Å². The number of hydrogen-bond donors (Lipinski definition) is 2. The highest BCUT2D eigenvalue weighted by molar-refractivity contribution is 7.92. The first kappa shape index (κ1) is 14.4. The molecule has 5 nitrogen and oxygen atoms in total. The Morgan fingerprint density at radius 2 is 2.05 bits per heavy atom. The molecule has 0 amide bonds. The molecule has 0 saturated carbocycles. The number of sulfonamides is 1. The average Bonchev–Trinajstić information content (AvgIpc) is 2.38. The van der Waals surface area contributed by atoms with Crippen LogP contribution < -0.4 is 10.5 Å². The summed E-state index contributed by atoms with van der Waals surface area (Å²) in [6.45, 7) is 1.69. The molecule has 0 aliphatic rings. The fourth-order valence-electron chi connectivity index (χ4n) is 1.70. The largest absolute Gasteiger partial charge is 0.326 e. The Balaban J connectivity index is 2.35. The van der Waals surface area contributed by atoms with Crippen molar-refractivity contribution in [2.45, 2.75) is 18.4 Å². The standard InChI is InChI=1S/C13H14FN3O2S/c1-9-6-11(4-5-16-9)17-20(18,19)12-2-3-13(14)10(7-12)8-15/h2-7H,8,15H2,1H3,(H,16,17). The summed E-state index contributed by atoms with van der Waals surface area (Å²) in [5.41, 5.74) is 6.61. The van der Waals surface area contributed by atoms with Crippen LogP contribution in [0.3, 0.4) is 0 Å². The summed E-state index contributed by atoms with van der Waals surface area (Å²) in [6, 6.07) is 6.66. The summed E-state index contributed by atoms with van der Waals surface area (Å²) >= 11 is 0. The highest BCUT2D eigenvalue weighted by Gasteiger charge is 2.16. The molecule has 0 fully saturated rings. The Morgan fingerprint density at radius 3 is 2.70 bits per heavy atom. The van der Waals surface area contributed by atoms with Gasteiger partial charge in [-0.15, -0.1) is 0 Å². The molecule has 2 rings (SSSR count). The second kappa shape index (κ2) is 5.56. The first-order valence-electron chi connectivity index (χ1n) is 5.86. The highest BCUT2D eigenvalue weighted by Crippen LogP contribution is 2.18. The van der Waals surface area contributed by atoms with Crippen molar-refractivity contribution in [2.75, 3.05) is 4.72 Å². The minimum Gasteiger partial charge on any atom is -0.326 e. The van der Waals surface area contributed by atoms with Crippen molar-refractivity contribution in [2.24, 2.45) is 5.73 Å². The molecule has 106 valence electrons. The number of pyridine rings is 1. The van der Waals surface area contributed by atoms with Crippen LogP contribution in [0.15, 0.2) is 41.4 Å². The fraction of sp³-hybridized carbons (Fsp3) is 0.154. The third kappa shape index (κ3) is 3.12. The van der Waals surface area contributed by atoms with Gasteiger partial charge in [0.1, 0.15) is 5.82 Å². The van der Waals surface area contributed by atoms with Gasteiger partial charge in [0, 0.05) is 24.0 Å². The molecule has 0 spiro atoms. The molecule has 0 saturated heterocycles. The number of nitrogens with one attached hydrogen (secondary N) is 1. The Morgan fingerprint density at radius 1 is 1.30 bits per heavy atom. The zero-order valence-corrected chi connectivity index (χ0v) is 11.6. The maximum Gasteiger partial charge on any atom is 0.261 e. The second-order valence-electron chi connectivity index (χ2n) is 4.25. The number of aryl methyl sites for hydroxylation is 1. The lowest BCUT2D eigenvalue weighted by Gasteiger charge is -2.09. The molecular weight excluding hydrogens is 281 g/mol. The van der Waals surface area contributed by atoms with Crippen LogP contribution in [-0.2, 0) is 16.6 Å². The summed E-state index contributed by atoms with van der Waals surface area (Å²) in [7, 11) is -3.78. The van der Waals surface area contributed by atoms with Crippen molar-refractivity contribution >= 4 is 15.7 Å². The normalized spacial score (nSPS) is 11.3. The van der Waals surface area contributed by atoms with Gasteiger partial charge < -0.3 is 5.73 Å². The van der Waals surface area contributed by atoms with Crippen LogP contribution >= 0.6 is 0 Å². The van der Waals surface area contributed by atoms with Crippen LogP contribution in [0.1, 0.15) is 11.3 Å². The zero-order chi connectivity index (χ0) is 14.8. The minimum atomic E-state index is -3.78. The quantitative estimate of drug-likeness (QED) is 0.900. The lowest BCUT2D eigenvalue weighted by Crippen LogP contribution is -2.14. The molecule has 1 aromatic heterocycles. The van der Waals surface area contributed by atoms with Crippen molar-refractivity contribution < 1.29 is 12.8 Å². The maximum atomic E-state index is 13.3. The zero-order valence-electron chi connectivity index (χ0n) is 10.8. The van der Waals surface area contributed by atoms with Crippen molar-refractivity contribution in [3.63, 3.8) is 0 Å². The third-order valence-corrected chi connectivity index (χ3v) is 4.08. The smallest absolute Gasteiger partial charge is 0.261 e. The van der Waals surface area contributed by atoms with Crippen molar-refractivity contribution in [3.05, 3.63) is 53.6 Å². The molecule has 0 atom stereocenters. The Hall–Kier alpha value is -1.99. The Labute approximate surface area is 116 Å². The molecule has 0 radical (unpaired) electrons. The average molecular weight is 295 g/mol. The van der Waals surface area contributed by atoms with Gasteiger partial charge in [-0.2, -0.15) is 0 Å². The number of aromatic nitrogens is 1. The fourth-order valence-corrected chi connectivity index (χ4v) is 2.80. The predicted molar refractivity (Wildman–Crippen MR) is 74.1 cm³/mol. The van der Waals surface area contributed by atoms with E-state index in [1.165, 1.54) is 24.4 Å². The Kier molecular flexibility index (Phi) is 4.01. The molecule has 2 aromatic rings. The van der Waals surface area contributed by atoms with Gasteiger partial charge in [-0.05, 0) is 37.3 Å². The maximum absolute atomic E-state index is 13.3. The van der Waals surface area contributed by atoms with Crippen LogP contribution in [0, 0.1) is 12.7 Å². The van der Waals surface area contributed by atoms with Gasteiger partial charge in [0.05, 0.1) is 10.6 Å². The van der Waals surface area contributed by atoms with Gasteiger partial charge >= 0.3 is 0 Å². The van der Waals surface area contributed by atoms with E-state index in [2.05, 4.69) is 9.71 Å². The molecular formula is C13H14FN3O2S. The molecule has 7 heteroatoms. The van der Waals surface area contributed by atoms with Crippen LogP contribution in [0.2, 0.25) is 0 Å². The van der Waals surface area contributed by atoms with E-state index >= 15 is 0 Å². The number of benzene rings is 1. The van der Waals surface area contributed by atoms with E-state index in [4.69, 9.17) is 5.73 Å². The van der Waals surface area contributed by atoms with E-state index in [1.54, 1.807) is 13.0 Å². The van der Waals surface area contributed by atoms with E-state index in [0.29, 0.717) is 11.4 Å². The topological polar surface area (TPSA) is 85.1 Å². The number of nitrogens with zero attached hydrogens (tertiary/aromatic N) is 1. The highest BCUT2D eigenvalue weighted by atomic mass is 32.2. The van der Waals surface area contributed by atoms with Gasteiger partial charge in [0.15, 0.2) is 0 Å². The van der Waals surface area contributed by atoms with Crippen LogP contribution in [0.5, 0.6) is 0 Å². The molecule has 1 heterocycles. The second-order valence-corrected chi connectivity index (χ2v) is 5.93. The van der Waals surface area contributed by atoms with E-state index in [9.17, 15) is 12.8 Å². The SMILES string of the molecule is Cc1cc(NS(=O)(=O)c2ccc(F)c(CN)c2)ccn1. The van der Waals surface area contributed by atoms with Crippen molar-refractivity contribution in [1.82, 2.24) is 4.98 Å². The van der Waals surface area contributed by atoms with Crippen molar-refractivity contribution in [3.8, 4) is 0 Å². The molecule has 0 aliphatic carbocycles. The predicted octanol–water partition coefficient (Wildman–Crippen LogP) is 1.79. The summed E-state index contributed by atoms with van der Waals surface area (Å²) in [4.78, 5) is 3.95. The Bertz CT molecular complexity index is 732. The number of halogens is 1. The molecule has 0 unspecified atom stereocenters. The number of nitrogens with two attached hydrogens (primary N) is 1. The molecule has 3 N–H and O–H groups in total. The third-order valence-electron chi connectivity index (χ3n) is 2.70. The molecule has 0 aliphatic heterocycles. The van der Waals surface area contributed by atoms with Gasteiger partial charge in [-0.1, -0.05) is 0 Å². The number of anilines is 1. The van der Waals surface area contributed by atoms with Gasteiger partial charge in [0.2, 0.25) is 0 Å². The first-order chi connectivity index (χ1) is 9.42. The first-order valence-corrected chi connectivity index (χ1v) is 7.34. The molecule has 20 heavy (non-hydrogen) atoms. The molecule has 0 bridgehead atoms. The van der Waals surface area contributed by atoms with Crippen LogP contribution in [-0.4, -0.2) is 13.4 Å². The summed E-state index contributed by atoms with van der Waals surface area (Å²) < 4.78 is 40.1. The van der Waals surface area contributed by atoms with Gasteiger partial charge in [-0.3, -0.25) is 9.71 Å².